The summed E-state index contributed by atoms with van der Waals surface area (Å²) >= 11 is 12.3. The highest BCUT2D eigenvalue weighted by atomic mass is 35.5. The van der Waals surface area contributed by atoms with Crippen LogP contribution in [0.2, 0.25) is 10.0 Å². The van der Waals surface area contributed by atoms with E-state index in [1.807, 2.05) is 0 Å². The fraction of sp³-hybridized carbons (Fsp3) is 0.312. The molecule has 0 aliphatic carbocycles. The number of nitrogens with zero attached hydrogens (tertiary/aromatic N) is 3. The molecule has 1 amide bonds. The molecular weight excluding hydrogens is 368 g/mol. The van der Waals surface area contributed by atoms with E-state index in [-0.39, 0.29) is 36.3 Å². The Balaban J connectivity index is 2.09. The zero-order valence-electron chi connectivity index (χ0n) is 13.4. The predicted octanol–water partition coefficient (Wildman–Crippen LogP) is 2.34. The van der Waals surface area contributed by atoms with Crippen molar-refractivity contribution in [2.24, 2.45) is 11.5 Å². The Morgan fingerprint density at radius 1 is 1.36 bits per heavy atom. The van der Waals surface area contributed by atoms with E-state index in [1.54, 1.807) is 30.0 Å². The molecule has 0 radical (unpaired) electrons. The number of hydrogen-bond donors (Lipinski definition) is 2. The van der Waals surface area contributed by atoms with Crippen molar-refractivity contribution in [1.29, 1.82) is 0 Å². The maximum Gasteiger partial charge on any atom is 0.268 e. The Kier molecular flexibility index (Phi) is 4.57. The largest absolute Gasteiger partial charge is 0.364 e. The smallest absolute Gasteiger partial charge is 0.268 e. The first-order chi connectivity index (χ1) is 11.8. The topological polar surface area (TPSA) is 98.1 Å². The highest BCUT2D eigenvalue weighted by molar-refractivity contribution is 6.43. The first-order valence-electron chi connectivity index (χ1n) is 7.52. The lowest BCUT2D eigenvalue weighted by molar-refractivity contribution is 0.0995. The number of aryl methyl sites for hydroxylation is 1. The molecule has 1 aliphatic heterocycles. The summed E-state index contributed by atoms with van der Waals surface area (Å²) in [6.07, 6.45) is 0. The minimum atomic E-state index is -1.46. The normalized spacial score (nSPS) is 15.8. The maximum absolute atomic E-state index is 14.0. The van der Waals surface area contributed by atoms with Crippen molar-refractivity contribution in [2.45, 2.75) is 12.6 Å². The van der Waals surface area contributed by atoms with Gasteiger partial charge in [-0.3, -0.25) is 4.79 Å². The highest BCUT2D eigenvalue weighted by Gasteiger charge is 2.44. The Hall–Kier alpha value is -1.96. The summed E-state index contributed by atoms with van der Waals surface area (Å²) in [5, 5.41) is 0.618. The number of nitrogens with two attached hydrogens (primary N) is 2. The SMILES string of the molecule is Cc1nc(N2CC(F)(CN)C2)nc(C(N)=O)c1-c1cccc(Cl)c1Cl. The van der Waals surface area contributed by atoms with Crippen molar-refractivity contribution in [1.82, 2.24) is 9.97 Å². The second-order valence-electron chi connectivity index (χ2n) is 6.01. The minimum Gasteiger partial charge on any atom is -0.364 e. The zero-order chi connectivity index (χ0) is 18.4. The molecule has 1 aromatic carbocycles. The van der Waals surface area contributed by atoms with Gasteiger partial charge in [0.15, 0.2) is 5.67 Å². The summed E-state index contributed by atoms with van der Waals surface area (Å²) in [5.74, 6) is -0.501. The average molecular weight is 384 g/mol. The third kappa shape index (κ3) is 3.15. The van der Waals surface area contributed by atoms with Gasteiger partial charge in [-0.05, 0) is 13.0 Å². The van der Waals surface area contributed by atoms with Crippen molar-refractivity contribution in [3.05, 3.63) is 39.6 Å². The van der Waals surface area contributed by atoms with Crippen molar-refractivity contribution in [3.8, 4) is 11.1 Å². The number of benzene rings is 1. The first kappa shape index (κ1) is 17.8. The number of carbonyl (C=O) groups is 1. The Labute approximate surface area is 153 Å². The molecular formula is C16H16Cl2FN5O. The molecule has 2 heterocycles. The fourth-order valence-corrected chi connectivity index (χ4v) is 3.20. The molecule has 4 N–H and O–H groups in total. The average Bonchev–Trinajstić information content (AvgIpc) is 2.54. The van der Waals surface area contributed by atoms with Crippen molar-refractivity contribution in [3.63, 3.8) is 0 Å². The van der Waals surface area contributed by atoms with Gasteiger partial charge in [-0.2, -0.15) is 0 Å². The lowest BCUT2D eigenvalue weighted by Gasteiger charge is -2.43. The molecule has 0 saturated carbocycles. The third-order valence-electron chi connectivity index (χ3n) is 4.13. The molecule has 0 spiro atoms. The van der Waals surface area contributed by atoms with E-state index < -0.39 is 11.6 Å². The van der Waals surface area contributed by atoms with Gasteiger partial charge in [-0.25, -0.2) is 14.4 Å². The molecule has 25 heavy (non-hydrogen) atoms. The van der Waals surface area contributed by atoms with Crippen molar-refractivity contribution < 1.29 is 9.18 Å². The van der Waals surface area contributed by atoms with Gasteiger partial charge in [-0.15, -0.1) is 0 Å². The number of alkyl halides is 1. The highest BCUT2D eigenvalue weighted by Crippen LogP contribution is 2.37. The van der Waals surface area contributed by atoms with Crippen LogP contribution in [-0.2, 0) is 0 Å². The van der Waals surface area contributed by atoms with Crippen LogP contribution in [-0.4, -0.2) is 41.2 Å². The van der Waals surface area contributed by atoms with Gasteiger partial charge in [0.1, 0.15) is 5.69 Å². The van der Waals surface area contributed by atoms with Crippen LogP contribution in [0.25, 0.3) is 11.1 Å². The molecule has 3 rings (SSSR count). The van der Waals surface area contributed by atoms with Gasteiger partial charge in [0, 0.05) is 17.7 Å². The Morgan fingerprint density at radius 2 is 2.04 bits per heavy atom. The number of anilines is 1. The van der Waals surface area contributed by atoms with Gasteiger partial charge in [-0.1, -0.05) is 35.3 Å². The van der Waals surface area contributed by atoms with E-state index >= 15 is 0 Å². The van der Waals surface area contributed by atoms with Gasteiger partial charge in [0.2, 0.25) is 5.95 Å². The second-order valence-corrected chi connectivity index (χ2v) is 6.79. The minimum absolute atomic E-state index is 0.00998. The molecule has 1 saturated heterocycles. The maximum atomic E-state index is 14.0. The van der Waals surface area contributed by atoms with Gasteiger partial charge in [0.25, 0.3) is 5.91 Å². The number of hydrogen-bond acceptors (Lipinski definition) is 5. The van der Waals surface area contributed by atoms with Gasteiger partial charge < -0.3 is 16.4 Å². The number of rotatable bonds is 4. The van der Waals surface area contributed by atoms with Crippen LogP contribution in [0.5, 0.6) is 0 Å². The molecule has 0 unspecified atom stereocenters. The summed E-state index contributed by atoms with van der Waals surface area (Å²) in [4.78, 5) is 22.2. The van der Waals surface area contributed by atoms with Crippen LogP contribution in [0, 0.1) is 6.92 Å². The van der Waals surface area contributed by atoms with Gasteiger partial charge in [0.05, 0.1) is 28.8 Å². The van der Waals surface area contributed by atoms with Crippen LogP contribution in [0.1, 0.15) is 16.2 Å². The molecule has 1 aliphatic rings. The molecule has 0 bridgehead atoms. The Morgan fingerprint density at radius 3 is 2.64 bits per heavy atom. The predicted molar refractivity (Wildman–Crippen MR) is 95.8 cm³/mol. The number of primary amides is 1. The van der Waals surface area contributed by atoms with Crippen LogP contribution in [0.15, 0.2) is 18.2 Å². The summed E-state index contributed by atoms with van der Waals surface area (Å²) in [6, 6.07) is 5.04. The molecule has 132 valence electrons. The number of carbonyl (C=O) groups excluding carboxylic acids is 1. The number of halogens is 3. The van der Waals surface area contributed by atoms with Crippen molar-refractivity contribution >= 4 is 35.1 Å². The van der Waals surface area contributed by atoms with E-state index in [2.05, 4.69) is 9.97 Å². The second kappa shape index (κ2) is 6.40. The third-order valence-corrected chi connectivity index (χ3v) is 4.95. The summed E-state index contributed by atoms with van der Waals surface area (Å²) in [6.45, 7) is 1.76. The standard InChI is InChI=1S/C16H16Cl2FN5O/c1-8-11(9-3-2-4-10(17)12(9)18)13(14(21)25)23-15(22-8)24-6-16(19,5-20)7-24/h2-4H,5-7,20H2,1H3,(H2,21,25). The molecule has 1 fully saturated rings. The van der Waals surface area contributed by atoms with E-state index in [1.165, 1.54) is 0 Å². The van der Waals surface area contributed by atoms with Crippen LogP contribution >= 0.6 is 23.2 Å². The first-order valence-corrected chi connectivity index (χ1v) is 8.28. The summed E-state index contributed by atoms with van der Waals surface area (Å²) < 4.78 is 14.0. The molecule has 1 aromatic heterocycles. The van der Waals surface area contributed by atoms with Gasteiger partial charge >= 0.3 is 0 Å². The summed E-state index contributed by atoms with van der Waals surface area (Å²) in [5.41, 5.74) is 10.9. The zero-order valence-corrected chi connectivity index (χ0v) is 14.9. The molecule has 9 heteroatoms. The van der Waals surface area contributed by atoms with E-state index in [0.717, 1.165) is 0 Å². The quantitative estimate of drug-likeness (QED) is 0.843. The monoisotopic (exact) mass is 383 g/mol. The van der Waals surface area contributed by atoms with E-state index in [0.29, 0.717) is 21.8 Å². The lowest BCUT2D eigenvalue weighted by atomic mass is 9.97. The van der Waals surface area contributed by atoms with Crippen molar-refractivity contribution in [2.75, 3.05) is 24.5 Å². The lowest BCUT2D eigenvalue weighted by Crippen LogP contribution is -2.63. The molecule has 6 nitrogen and oxygen atoms in total. The Bertz CT molecular complexity index is 855. The molecule has 0 atom stereocenters. The number of aromatic nitrogens is 2. The van der Waals surface area contributed by atoms with Crippen LogP contribution < -0.4 is 16.4 Å². The number of amides is 1. The van der Waals surface area contributed by atoms with E-state index in [4.69, 9.17) is 34.7 Å². The molecule has 2 aromatic rings. The van der Waals surface area contributed by atoms with E-state index in [9.17, 15) is 9.18 Å². The van der Waals surface area contributed by atoms with Crippen LogP contribution in [0.3, 0.4) is 0 Å². The fourth-order valence-electron chi connectivity index (χ4n) is 2.81. The summed E-state index contributed by atoms with van der Waals surface area (Å²) in [7, 11) is 0. The van der Waals surface area contributed by atoms with Crippen LogP contribution in [0.4, 0.5) is 10.3 Å².